The average molecular weight is 289 g/mol. The van der Waals surface area contributed by atoms with E-state index in [4.69, 9.17) is 0 Å². The number of alkyl halides is 2. The van der Waals surface area contributed by atoms with E-state index in [9.17, 15) is 8.78 Å². The largest absolute Gasteiger partial charge is 0.415 e. The van der Waals surface area contributed by atoms with E-state index >= 15 is 0 Å². The predicted octanol–water partition coefficient (Wildman–Crippen LogP) is 3.30. The first-order valence-electron chi connectivity index (χ1n) is 4.44. The summed E-state index contributed by atoms with van der Waals surface area (Å²) in [5.74, 6) is -0.188. The summed E-state index contributed by atoms with van der Waals surface area (Å²) in [6.07, 6.45) is 1.18. The van der Waals surface area contributed by atoms with Crippen molar-refractivity contribution in [2.75, 3.05) is 0 Å². The summed E-state index contributed by atoms with van der Waals surface area (Å²) in [4.78, 5) is 7.95. The Labute approximate surface area is 98.6 Å². The van der Waals surface area contributed by atoms with Gasteiger partial charge in [-0.2, -0.15) is 8.78 Å². The maximum Gasteiger partial charge on any atom is 0.388 e. The molecule has 0 N–H and O–H groups in total. The van der Waals surface area contributed by atoms with E-state index in [1.165, 1.54) is 6.20 Å². The van der Waals surface area contributed by atoms with E-state index in [1.807, 2.05) is 19.1 Å². The van der Waals surface area contributed by atoms with Crippen molar-refractivity contribution in [1.82, 2.24) is 9.97 Å². The Morgan fingerprint density at radius 2 is 2.12 bits per heavy atom. The lowest BCUT2D eigenvalue weighted by Gasteiger charge is -2.05. The van der Waals surface area contributed by atoms with E-state index in [0.29, 0.717) is 15.5 Å². The number of aromatic nitrogens is 2. The van der Waals surface area contributed by atoms with Gasteiger partial charge in [0, 0.05) is 4.47 Å². The Hall–Kier alpha value is -1.30. The molecule has 6 heteroatoms. The Kier molecular flexibility index (Phi) is 3.00. The molecule has 0 aliphatic heterocycles. The van der Waals surface area contributed by atoms with Crippen molar-refractivity contribution in [3.8, 4) is 5.88 Å². The smallest absolute Gasteiger partial charge is 0.388 e. The molecule has 2 rings (SSSR count). The number of ether oxygens (including phenoxy) is 1. The first-order valence-corrected chi connectivity index (χ1v) is 5.23. The highest BCUT2D eigenvalue weighted by Crippen LogP contribution is 2.24. The fourth-order valence-electron chi connectivity index (χ4n) is 1.34. The molecule has 0 unspecified atom stereocenters. The van der Waals surface area contributed by atoms with Crippen molar-refractivity contribution in [3.63, 3.8) is 0 Å². The van der Waals surface area contributed by atoms with E-state index in [-0.39, 0.29) is 5.88 Å². The highest BCUT2D eigenvalue weighted by Gasteiger charge is 2.09. The minimum absolute atomic E-state index is 0.188. The summed E-state index contributed by atoms with van der Waals surface area (Å²) in [5.41, 5.74) is 2.15. The Morgan fingerprint density at radius 1 is 1.38 bits per heavy atom. The molecular formula is C10H7BrF2N2O. The van der Waals surface area contributed by atoms with Crippen LogP contribution in [0.1, 0.15) is 5.56 Å². The standard InChI is InChI=1S/C10H7BrF2N2O/c1-5-2-6(11)9-7(3-5)14-4-8(15-9)16-10(12)13/h2-4,10H,1H3. The van der Waals surface area contributed by atoms with Crippen molar-refractivity contribution < 1.29 is 13.5 Å². The number of benzene rings is 1. The molecule has 1 heterocycles. The van der Waals surface area contributed by atoms with Gasteiger partial charge in [0.15, 0.2) is 0 Å². The molecule has 0 saturated heterocycles. The van der Waals surface area contributed by atoms with Gasteiger partial charge in [-0.3, -0.25) is 0 Å². The number of hydrogen-bond donors (Lipinski definition) is 0. The van der Waals surface area contributed by atoms with Crippen molar-refractivity contribution in [1.29, 1.82) is 0 Å². The van der Waals surface area contributed by atoms with E-state index < -0.39 is 6.61 Å². The fourth-order valence-corrected chi connectivity index (χ4v) is 1.99. The third-order valence-corrected chi connectivity index (χ3v) is 2.54. The van der Waals surface area contributed by atoms with E-state index in [1.54, 1.807) is 0 Å². The van der Waals surface area contributed by atoms with Crippen LogP contribution in [0.2, 0.25) is 0 Å². The monoisotopic (exact) mass is 288 g/mol. The normalized spacial score (nSPS) is 11.1. The molecule has 16 heavy (non-hydrogen) atoms. The second kappa shape index (κ2) is 4.29. The van der Waals surface area contributed by atoms with Gasteiger partial charge < -0.3 is 4.74 Å². The van der Waals surface area contributed by atoms with Gasteiger partial charge >= 0.3 is 6.61 Å². The fraction of sp³-hybridized carbons (Fsp3) is 0.200. The molecule has 0 fully saturated rings. The SMILES string of the molecule is Cc1cc(Br)c2nc(OC(F)F)cnc2c1. The zero-order valence-electron chi connectivity index (χ0n) is 8.25. The first-order chi connectivity index (χ1) is 7.56. The number of aryl methyl sites for hydroxylation is 1. The number of hydrogen-bond acceptors (Lipinski definition) is 3. The molecule has 0 spiro atoms. The molecule has 0 aliphatic rings. The summed E-state index contributed by atoms with van der Waals surface area (Å²) in [5, 5.41) is 0. The van der Waals surface area contributed by atoms with E-state index in [0.717, 1.165) is 5.56 Å². The first kappa shape index (κ1) is 11.2. The lowest BCUT2D eigenvalue weighted by atomic mass is 10.2. The Balaban J connectivity index is 2.53. The Bertz CT molecular complexity index is 533. The average Bonchev–Trinajstić information content (AvgIpc) is 2.18. The van der Waals surface area contributed by atoms with E-state index in [2.05, 4.69) is 30.6 Å². The quantitative estimate of drug-likeness (QED) is 0.850. The van der Waals surface area contributed by atoms with Crippen molar-refractivity contribution in [3.05, 3.63) is 28.4 Å². The topological polar surface area (TPSA) is 35.0 Å². The zero-order chi connectivity index (χ0) is 11.7. The van der Waals surface area contributed by atoms with Crippen molar-refractivity contribution in [2.45, 2.75) is 13.5 Å². The summed E-state index contributed by atoms with van der Waals surface area (Å²) < 4.78 is 28.9. The number of halogens is 3. The van der Waals surface area contributed by atoms with Gasteiger partial charge in [0.05, 0.1) is 11.7 Å². The highest BCUT2D eigenvalue weighted by molar-refractivity contribution is 9.10. The zero-order valence-corrected chi connectivity index (χ0v) is 9.83. The second-order valence-corrected chi connectivity index (χ2v) is 4.06. The predicted molar refractivity (Wildman–Crippen MR) is 58.6 cm³/mol. The number of nitrogens with zero attached hydrogens (tertiary/aromatic N) is 2. The van der Waals surface area contributed by atoms with Crippen LogP contribution in [0, 0.1) is 6.92 Å². The molecule has 0 aliphatic carbocycles. The molecule has 2 aromatic rings. The second-order valence-electron chi connectivity index (χ2n) is 3.20. The van der Waals surface area contributed by atoms with Crippen LogP contribution < -0.4 is 4.74 Å². The molecule has 0 saturated carbocycles. The molecule has 0 atom stereocenters. The number of fused-ring (bicyclic) bond motifs is 1. The van der Waals surface area contributed by atoms with Gasteiger partial charge in [-0.25, -0.2) is 9.97 Å². The molecule has 0 bridgehead atoms. The van der Waals surface area contributed by atoms with Crippen molar-refractivity contribution in [2.24, 2.45) is 0 Å². The molecule has 84 valence electrons. The molecule has 1 aromatic heterocycles. The summed E-state index contributed by atoms with van der Waals surface area (Å²) >= 11 is 3.30. The lowest BCUT2D eigenvalue weighted by Crippen LogP contribution is -2.04. The van der Waals surface area contributed by atoms with Crippen LogP contribution in [-0.4, -0.2) is 16.6 Å². The van der Waals surface area contributed by atoms with Gasteiger partial charge in [-0.1, -0.05) is 0 Å². The molecule has 3 nitrogen and oxygen atoms in total. The molecule has 1 aromatic carbocycles. The maximum absolute atomic E-state index is 12.0. The molecular weight excluding hydrogens is 282 g/mol. The van der Waals surface area contributed by atoms with Crippen LogP contribution in [0.5, 0.6) is 5.88 Å². The van der Waals surface area contributed by atoms with Gasteiger partial charge in [0.2, 0.25) is 5.88 Å². The van der Waals surface area contributed by atoms with Crippen LogP contribution in [0.25, 0.3) is 11.0 Å². The molecule has 0 amide bonds. The minimum Gasteiger partial charge on any atom is -0.415 e. The highest BCUT2D eigenvalue weighted by atomic mass is 79.9. The Morgan fingerprint density at radius 3 is 2.81 bits per heavy atom. The third-order valence-electron chi connectivity index (χ3n) is 1.93. The van der Waals surface area contributed by atoms with Gasteiger partial charge in [0.1, 0.15) is 5.52 Å². The van der Waals surface area contributed by atoms with Gasteiger partial charge in [0.25, 0.3) is 0 Å². The van der Waals surface area contributed by atoms with Crippen LogP contribution in [-0.2, 0) is 0 Å². The van der Waals surface area contributed by atoms with Gasteiger partial charge in [-0.05, 0) is 40.5 Å². The number of rotatable bonds is 2. The van der Waals surface area contributed by atoms with Crippen LogP contribution in [0.3, 0.4) is 0 Å². The molecule has 0 radical (unpaired) electrons. The third kappa shape index (κ3) is 2.27. The van der Waals surface area contributed by atoms with Crippen molar-refractivity contribution >= 4 is 27.0 Å². The van der Waals surface area contributed by atoms with Crippen LogP contribution in [0.4, 0.5) is 8.78 Å². The maximum atomic E-state index is 12.0. The summed E-state index contributed by atoms with van der Waals surface area (Å²) in [6.45, 7) is -0.980. The van der Waals surface area contributed by atoms with Crippen LogP contribution >= 0.6 is 15.9 Å². The minimum atomic E-state index is -2.89. The van der Waals surface area contributed by atoms with Crippen LogP contribution in [0.15, 0.2) is 22.8 Å². The van der Waals surface area contributed by atoms with Gasteiger partial charge in [-0.15, -0.1) is 0 Å². The lowest BCUT2D eigenvalue weighted by molar-refractivity contribution is -0.0528. The summed E-state index contributed by atoms with van der Waals surface area (Å²) in [6, 6.07) is 3.66. The summed E-state index contributed by atoms with van der Waals surface area (Å²) in [7, 11) is 0.